The molecule has 0 unspecified atom stereocenters. The van der Waals surface area contributed by atoms with Gasteiger partial charge >= 0.3 is 0 Å². The number of hydrogen-bond acceptors (Lipinski definition) is 3. The average molecular weight is 479 g/mol. The normalized spacial score (nSPS) is 14.9. The molecule has 0 atom stereocenters. The fourth-order valence-corrected chi connectivity index (χ4v) is 5.81. The molecule has 2 aliphatic heterocycles. The molecule has 2 heterocycles. The number of ether oxygens (including phenoxy) is 3. The Labute approximate surface area is 213 Å². The fraction of sp³-hybridized carbons (Fsp3) is 0.625. The number of unbranched alkanes of at least 4 members (excludes halogenated alkanes) is 4. The molecule has 2 aliphatic rings. The predicted molar refractivity (Wildman–Crippen MR) is 146 cm³/mol. The zero-order chi connectivity index (χ0) is 25.1. The molecule has 0 radical (unpaired) electrons. The van der Waals surface area contributed by atoms with Gasteiger partial charge in [-0.1, -0.05) is 92.2 Å². The number of rotatable bonds is 12. The second-order valence-electron chi connectivity index (χ2n) is 11.8. The summed E-state index contributed by atoms with van der Waals surface area (Å²) in [5.41, 5.74) is 5.30. The Bertz CT molecular complexity index is 936. The van der Waals surface area contributed by atoms with Crippen LogP contribution < -0.4 is 14.2 Å². The molecule has 192 valence electrons. The molecule has 0 saturated heterocycles. The highest BCUT2D eigenvalue weighted by molar-refractivity contribution is 5.59. The summed E-state index contributed by atoms with van der Waals surface area (Å²) in [6.07, 6.45) is 11.7. The third kappa shape index (κ3) is 5.49. The number of benzene rings is 2. The summed E-state index contributed by atoms with van der Waals surface area (Å²) >= 11 is 0. The van der Waals surface area contributed by atoms with Crippen molar-refractivity contribution in [3.8, 4) is 23.0 Å². The third-order valence-corrected chi connectivity index (χ3v) is 8.12. The lowest BCUT2D eigenvalue weighted by atomic mass is 9.78. The number of fused-ring (bicyclic) bond motifs is 2. The molecular formula is C32H46O3. The van der Waals surface area contributed by atoms with Crippen molar-refractivity contribution in [1.29, 1.82) is 0 Å². The van der Waals surface area contributed by atoms with Crippen LogP contribution in [0.15, 0.2) is 24.3 Å². The topological polar surface area (TPSA) is 27.7 Å². The zero-order valence-electron chi connectivity index (χ0n) is 23.0. The van der Waals surface area contributed by atoms with E-state index in [2.05, 4.69) is 65.8 Å². The maximum absolute atomic E-state index is 6.64. The van der Waals surface area contributed by atoms with Crippen LogP contribution in [0.1, 0.15) is 115 Å². The summed E-state index contributed by atoms with van der Waals surface area (Å²) in [6, 6.07) is 8.84. The van der Waals surface area contributed by atoms with E-state index in [9.17, 15) is 0 Å². The van der Waals surface area contributed by atoms with Gasteiger partial charge in [0, 0.05) is 35.1 Å². The van der Waals surface area contributed by atoms with Crippen LogP contribution in [0, 0.1) is 0 Å². The Balaban J connectivity index is 1.61. The SMILES string of the molecule is CCCCCC(C)(C)c1ccc(Oc2ccc(C(C)(C)CCCCC)c3c2CCO3)c2c1OCC2. The lowest BCUT2D eigenvalue weighted by Crippen LogP contribution is -2.18. The standard InChI is InChI=1S/C32H46O3/c1-7-9-11-19-31(3,4)25-13-15-27(23-17-21-33-29(23)25)35-28-16-14-26(30-24(28)18-22-34-30)32(5,6)20-12-10-8-2/h13-16H,7-12,17-22H2,1-6H3. The van der Waals surface area contributed by atoms with Gasteiger partial charge < -0.3 is 14.2 Å². The van der Waals surface area contributed by atoms with Crippen molar-refractivity contribution in [2.45, 2.75) is 117 Å². The molecule has 35 heavy (non-hydrogen) atoms. The van der Waals surface area contributed by atoms with Crippen molar-refractivity contribution >= 4 is 0 Å². The molecule has 0 spiro atoms. The van der Waals surface area contributed by atoms with Crippen LogP contribution in [0.4, 0.5) is 0 Å². The molecule has 0 amide bonds. The van der Waals surface area contributed by atoms with E-state index in [0.717, 1.165) is 49.1 Å². The summed E-state index contributed by atoms with van der Waals surface area (Å²) in [4.78, 5) is 0. The first-order valence-electron chi connectivity index (χ1n) is 14.0. The minimum absolute atomic E-state index is 0.0994. The molecule has 3 nitrogen and oxygen atoms in total. The van der Waals surface area contributed by atoms with E-state index in [1.165, 1.54) is 73.6 Å². The third-order valence-electron chi connectivity index (χ3n) is 8.12. The molecule has 0 fully saturated rings. The van der Waals surface area contributed by atoms with Crippen molar-refractivity contribution in [3.05, 3.63) is 46.5 Å². The zero-order valence-corrected chi connectivity index (χ0v) is 23.0. The van der Waals surface area contributed by atoms with E-state index in [4.69, 9.17) is 14.2 Å². The molecule has 3 heteroatoms. The van der Waals surface area contributed by atoms with Crippen molar-refractivity contribution in [1.82, 2.24) is 0 Å². The van der Waals surface area contributed by atoms with Crippen LogP contribution in [-0.2, 0) is 23.7 Å². The molecule has 0 N–H and O–H groups in total. The Morgan fingerprint density at radius 2 is 1.09 bits per heavy atom. The van der Waals surface area contributed by atoms with Crippen molar-refractivity contribution in [2.75, 3.05) is 13.2 Å². The van der Waals surface area contributed by atoms with Gasteiger partial charge in [-0.2, -0.15) is 0 Å². The van der Waals surface area contributed by atoms with Gasteiger partial charge in [-0.25, -0.2) is 0 Å². The van der Waals surface area contributed by atoms with Crippen LogP contribution in [0.25, 0.3) is 0 Å². The van der Waals surface area contributed by atoms with E-state index >= 15 is 0 Å². The Kier molecular flexibility index (Phi) is 8.03. The second-order valence-corrected chi connectivity index (χ2v) is 11.8. The van der Waals surface area contributed by atoms with Gasteiger partial charge in [-0.3, -0.25) is 0 Å². The van der Waals surface area contributed by atoms with E-state index in [1.807, 2.05) is 0 Å². The maximum atomic E-state index is 6.64. The summed E-state index contributed by atoms with van der Waals surface area (Å²) in [5.74, 6) is 4.00. The van der Waals surface area contributed by atoms with Gasteiger partial charge in [0.05, 0.1) is 13.2 Å². The van der Waals surface area contributed by atoms with Crippen LogP contribution in [-0.4, -0.2) is 13.2 Å². The highest BCUT2D eigenvalue weighted by atomic mass is 16.5. The summed E-state index contributed by atoms with van der Waals surface area (Å²) in [7, 11) is 0. The first-order valence-corrected chi connectivity index (χ1v) is 14.0. The minimum atomic E-state index is 0.0994. The molecule has 0 bridgehead atoms. The Hall–Kier alpha value is -2.16. The van der Waals surface area contributed by atoms with E-state index < -0.39 is 0 Å². The average Bonchev–Trinajstić information content (AvgIpc) is 3.50. The van der Waals surface area contributed by atoms with Gasteiger partial charge in [0.25, 0.3) is 0 Å². The van der Waals surface area contributed by atoms with Gasteiger partial charge in [0.1, 0.15) is 23.0 Å². The van der Waals surface area contributed by atoms with Crippen molar-refractivity contribution in [3.63, 3.8) is 0 Å². The quantitative estimate of drug-likeness (QED) is 0.285. The molecular weight excluding hydrogens is 432 g/mol. The van der Waals surface area contributed by atoms with Gasteiger partial charge in [0.15, 0.2) is 0 Å². The summed E-state index contributed by atoms with van der Waals surface area (Å²) in [5, 5.41) is 0. The summed E-state index contributed by atoms with van der Waals surface area (Å²) < 4.78 is 19.0. The van der Waals surface area contributed by atoms with Gasteiger partial charge in [-0.15, -0.1) is 0 Å². The van der Waals surface area contributed by atoms with Crippen molar-refractivity contribution in [2.24, 2.45) is 0 Å². The Morgan fingerprint density at radius 3 is 1.49 bits per heavy atom. The maximum Gasteiger partial charge on any atom is 0.134 e. The first-order chi connectivity index (χ1) is 16.8. The molecule has 2 aromatic carbocycles. The first kappa shape index (κ1) is 25.9. The molecule has 0 aromatic heterocycles. The van der Waals surface area contributed by atoms with E-state index in [0.29, 0.717) is 0 Å². The highest BCUT2D eigenvalue weighted by Crippen LogP contribution is 2.48. The second kappa shape index (κ2) is 10.8. The molecule has 0 saturated carbocycles. The van der Waals surface area contributed by atoms with Crippen LogP contribution >= 0.6 is 0 Å². The molecule has 2 aromatic rings. The van der Waals surface area contributed by atoms with Crippen molar-refractivity contribution < 1.29 is 14.2 Å². The minimum Gasteiger partial charge on any atom is -0.492 e. The lowest BCUT2D eigenvalue weighted by molar-refractivity contribution is 0.339. The predicted octanol–water partition coefficient (Wildman–Crippen LogP) is 9.06. The van der Waals surface area contributed by atoms with Crippen LogP contribution in [0.5, 0.6) is 23.0 Å². The van der Waals surface area contributed by atoms with E-state index in [1.54, 1.807) is 0 Å². The van der Waals surface area contributed by atoms with Gasteiger partial charge in [-0.05, 0) is 35.8 Å². The fourth-order valence-electron chi connectivity index (χ4n) is 5.81. The summed E-state index contributed by atoms with van der Waals surface area (Å²) in [6.45, 7) is 15.4. The lowest BCUT2D eigenvalue weighted by Gasteiger charge is -2.28. The van der Waals surface area contributed by atoms with E-state index in [-0.39, 0.29) is 10.8 Å². The largest absolute Gasteiger partial charge is 0.492 e. The van der Waals surface area contributed by atoms with Crippen LogP contribution in [0.2, 0.25) is 0 Å². The smallest absolute Gasteiger partial charge is 0.134 e. The number of hydrogen-bond donors (Lipinski definition) is 0. The van der Waals surface area contributed by atoms with Crippen LogP contribution in [0.3, 0.4) is 0 Å². The molecule has 4 rings (SSSR count). The highest BCUT2D eigenvalue weighted by Gasteiger charge is 2.32. The molecule has 0 aliphatic carbocycles. The monoisotopic (exact) mass is 478 g/mol. The Morgan fingerprint density at radius 1 is 0.657 bits per heavy atom. The van der Waals surface area contributed by atoms with Gasteiger partial charge in [0.2, 0.25) is 0 Å².